The molecule has 2 rings (SSSR count). The number of hydrogen-bond donors (Lipinski definition) is 3. The van der Waals surface area contributed by atoms with Crippen molar-refractivity contribution in [2.75, 3.05) is 6.54 Å². The summed E-state index contributed by atoms with van der Waals surface area (Å²) in [7, 11) is 0. The average Bonchev–Trinajstić information content (AvgIpc) is 2.34. The standard InChI is InChI=1S/C13H22Cl2N2O2/c14-9-1-2-10(18)12(13(9)15)7-3-4-17-8(5-7)6-11(16)19/h7-10,12-13,17-18H,1-6H2,(H2,16,19)/t7-,8+,9?,10?,12?,13?/m0/s1. The van der Waals surface area contributed by atoms with E-state index in [0.717, 1.165) is 25.8 Å². The number of nitrogens with one attached hydrogen (secondary N) is 1. The summed E-state index contributed by atoms with van der Waals surface area (Å²) in [6.45, 7) is 0.836. The van der Waals surface area contributed by atoms with Crippen LogP contribution in [0.4, 0.5) is 0 Å². The molecule has 19 heavy (non-hydrogen) atoms. The van der Waals surface area contributed by atoms with E-state index in [9.17, 15) is 9.90 Å². The second kappa shape index (κ2) is 6.61. The summed E-state index contributed by atoms with van der Waals surface area (Å²) < 4.78 is 0. The molecule has 0 aromatic carbocycles. The number of hydrogen-bond acceptors (Lipinski definition) is 3. The topological polar surface area (TPSA) is 75.4 Å². The quantitative estimate of drug-likeness (QED) is 0.686. The van der Waals surface area contributed by atoms with Crippen molar-refractivity contribution in [1.29, 1.82) is 0 Å². The van der Waals surface area contributed by atoms with Crippen molar-refractivity contribution in [3.05, 3.63) is 0 Å². The van der Waals surface area contributed by atoms with Gasteiger partial charge in [0.2, 0.25) is 5.91 Å². The summed E-state index contributed by atoms with van der Waals surface area (Å²) in [5.41, 5.74) is 5.25. The summed E-state index contributed by atoms with van der Waals surface area (Å²) in [5.74, 6) is 0.0417. The summed E-state index contributed by atoms with van der Waals surface area (Å²) in [6, 6.07) is 0.100. The van der Waals surface area contributed by atoms with Gasteiger partial charge in [-0.15, -0.1) is 23.2 Å². The largest absolute Gasteiger partial charge is 0.393 e. The molecule has 6 heteroatoms. The minimum atomic E-state index is -0.380. The van der Waals surface area contributed by atoms with Crippen LogP contribution in [0.2, 0.25) is 0 Å². The smallest absolute Gasteiger partial charge is 0.218 e. The van der Waals surface area contributed by atoms with Gasteiger partial charge in [0.05, 0.1) is 16.9 Å². The zero-order valence-electron chi connectivity index (χ0n) is 10.9. The van der Waals surface area contributed by atoms with Crippen molar-refractivity contribution < 1.29 is 9.90 Å². The van der Waals surface area contributed by atoms with Crippen molar-refractivity contribution in [2.24, 2.45) is 17.6 Å². The van der Waals surface area contributed by atoms with E-state index in [1.54, 1.807) is 0 Å². The lowest BCUT2D eigenvalue weighted by molar-refractivity contribution is -0.118. The van der Waals surface area contributed by atoms with Gasteiger partial charge in [-0.05, 0) is 38.1 Å². The third-order valence-electron chi connectivity index (χ3n) is 4.42. The van der Waals surface area contributed by atoms with Crippen LogP contribution in [0, 0.1) is 11.8 Å². The highest BCUT2D eigenvalue weighted by atomic mass is 35.5. The SMILES string of the molecule is NC(=O)C[C@H]1C[C@@H](C2C(O)CCC(Cl)C2Cl)CCN1. The molecule has 2 aliphatic rings. The molecule has 4 N–H and O–H groups in total. The van der Waals surface area contributed by atoms with Gasteiger partial charge in [0, 0.05) is 18.4 Å². The molecule has 0 aromatic rings. The molecule has 0 bridgehead atoms. The highest BCUT2D eigenvalue weighted by Gasteiger charge is 2.42. The van der Waals surface area contributed by atoms with E-state index in [1.807, 2.05) is 0 Å². The van der Waals surface area contributed by atoms with Gasteiger partial charge < -0.3 is 16.2 Å². The van der Waals surface area contributed by atoms with Gasteiger partial charge in [0.1, 0.15) is 0 Å². The number of alkyl halides is 2. The number of amides is 1. The van der Waals surface area contributed by atoms with Crippen LogP contribution in [0.5, 0.6) is 0 Å². The number of aliphatic hydroxyl groups excluding tert-OH is 1. The molecule has 0 radical (unpaired) electrons. The predicted molar refractivity (Wildman–Crippen MR) is 76.3 cm³/mol. The van der Waals surface area contributed by atoms with Crippen LogP contribution in [0.1, 0.15) is 32.1 Å². The number of aliphatic hydroxyl groups is 1. The summed E-state index contributed by atoms with van der Waals surface area (Å²) in [5, 5.41) is 13.3. The van der Waals surface area contributed by atoms with Crippen molar-refractivity contribution in [3.63, 3.8) is 0 Å². The molecule has 1 aliphatic carbocycles. The monoisotopic (exact) mass is 308 g/mol. The van der Waals surface area contributed by atoms with Crippen molar-refractivity contribution >= 4 is 29.1 Å². The molecule has 2 fully saturated rings. The van der Waals surface area contributed by atoms with Gasteiger partial charge in [-0.2, -0.15) is 0 Å². The van der Waals surface area contributed by atoms with Gasteiger partial charge in [-0.3, -0.25) is 4.79 Å². The average molecular weight is 309 g/mol. The Kier molecular flexibility index (Phi) is 5.35. The normalized spacial score (nSPS) is 43.9. The number of piperidine rings is 1. The molecule has 4 unspecified atom stereocenters. The van der Waals surface area contributed by atoms with Gasteiger partial charge in [-0.1, -0.05) is 0 Å². The summed E-state index contributed by atoms with van der Waals surface area (Å²) in [4.78, 5) is 11.0. The van der Waals surface area contributed by atoms with Crippen LogP contribution in [-0.4, -0.2) is 40.5 Å². The molecule has 0 aromatic heterocycles. The maximum Gasteiger partial charge on any atom is 0.218 e. The van der Waals surface area contributed by atoms with Crippen LogP contribution >= 0.6 is 23.2 Å². The maximum absolute atomic E-state index is 11.0. The Bertz CT molecular complexity index is 330. The van der Waals surface area contributed by atoms with E-state index in [-0.39, 0.29) is 34.7 Å². The minimum absolute atomic E-state index is 0.0235. The molecule has 4 nitrogen and oxygen atoms in total. The number of nitrogens with two attached hydrogens (primary N) is 1. The van der Waals surface area contributed by atoms with E-state index < -0.39 is 0 Å². The van der Waals surface area contributed by atoms with Gasteiger partial charge >= 0.3 is 0 Å². The first-order chi connectivity index (χ1) is 8.99. The lowest BCUT2D eigenvalue weighted by atomic mass is 9.72. The highest BCUT2D eigenvalue weighted by Crippen LogP contribution is 2.40. The fourth-order valence-electron chi connectivity index (χ4n) is 3.50. The maximum atomic E-state index is 11.0. The molecular weight excluding hydrogens is 287 g/mol. The summed E-state index contributed by atoms with van der Waals surface area (Å²) >= 11 is 12.6. The zero-order chi connectivity index (χ0) is 14.0. The molecular formula is C13H22Cl2N2O2. The molecule has 1 saturated heterocycles. The number of carbonyl (C=O) groups excluding carboxylic acids is 1. The molecule has 1 saturated carbocycles. The molecule has 1 heterocycles. The molecule has 110 valence electrons. The Hall–Kier alpha value is -0.0300. The number of halogens is 2. The van der Waals surface area contributed by atoms with E-state index >= 15 is 0 Å². The fraction of sp³-hybridized carbons (Fsp3) is 0.923. The van der Waals surface area contributed by atoms with E-state index in [0.29, 0.717) is 18.8 Å². The lowest BCUT2D eigenvalue weighted by Gasteiger charge is -2.43. The van der Waals surface area contributed by atoms with Crippen molar-refractivity contribution in [2.45, 2.75) is 55.0 Å². The summed E-state index contributed by atoms with van der Waals surface area (Å²) in [6.07, 6.45) is 3.24. The first kappa shape index (κ1) is 15.4. The van der Waals surface area contributed by atoms with E-state index in [2.05, 4.69) is 5.32 Å². The van der Waals surface area contributed by atoms with Gasteiger partial charge in [0.25, 0.3) is 0 Å². The van der Waals surface area contributed by atoms with Gasteiger partial charge in [0.15, 0.2) is 0 Å². The third-order valence-corrected chi connectivity index (χ3v) is 5.64. The van der Waals surface area contributed by atoms with E-state index in [1.165, 1.54) is 0 Å². The van der Waals surface area contributed by atoms with E-state index in [4.69, 9.17) is 28.9 Å². The number of primary amides is 1. The van der Waals surface area contributed by atoms with Crippen LogP contribution in [-0.2, 0) is 4.79 Å². The fourth-order valence-corrected chi connectivity index (χ4v) is 4.29. The Balaban J connectivity index is 2.00. The first-order valence-corrected chi connectivity index (χ1v) is 7.84. The van der Waals surface area contributed by atoms with Gasteiger partial charge in [-0.25, -0.2) is 0 Å². The van der Waals surface area contributed by atoms with Crippen molar-refractivity contribution in [3.8, 4) is 0 Å². The second-order valence-electron chi connectivity index (χ2n) is 5.79. The lowest BCUT2D eigenvalue weighted by Crippen LogP contribution is -2.49. The van der Waals surface area contributed by atoms with Crippen LogP contribution < -0.4 is 11.1 Å². The highest BCUT2D eigenvalue weighted by molar-refractivity contribution is 6.30. The van der Waals surface area contributed by atoms with Crippen LogP contribution in [0.25, 0.3) is 0 Å². The molecule has 6 atom stereocenters. The Morgan fingerprint density at radius 1 is 1.32 bits per heavy atom. The first-order valence-electron chi connectivity index (χ1n) is 6.97. The Morgan fingerprint density at radius 2 is 2.05 bits per heavy atom. The second-order valence-corrected chi connectivity index (χ2v) is 6.85. The molecule has 0 spiro atoms. The molecule has 1 aliphatic heterocycles. The molecule has 1 amide bonds. The minimum Gasteiger partial charge on any atom is -0.393 e. The number of carbonyl (C=O) groups is 1. The Labute approximate surface area is 124 Å². The predicted octanol–water partition coefficient (Wildman–Crippen LogP) is 1.22. The zero-order valence-corrected chi connectivity index (χ0v) is 12.4. The van der Waals surface area contributed by atoms with Crippen LogP contribution in [0.15, 0.2) is 0 Å². The van der Waals surface area contributed by atoms with Crippen LogP contribution in [0.3, 0.4) is 0 Å². The third kappa shape index (κ3) is 3.75. The number of rotatable bonds is 3. The van der Waals surface area contributed by atoms with Crippen molar-refractivity contribution in [1.82, 2.24) is 5.32 Å². The Morgan fingerprint density at radius 3 is 2.74 bits per heavy atom.